The third kappa shape index (κ3) is 1.75. The summed E-state index contributed by atoms with van der Waals surface area (Å²) >= 11 is 1.19. The van der Waals surface area contributed by atoms with Gasteiger partial charge in [-0.05, 0) is 31.0 Å². The van der Waals surface area contributed by atoms with Crippen molar-refractivity contribution in [2.24, 2.45) is 0 Å². The highest BCUT2D eigenvalue weighted by Gasteiger charge is 2.19. The van der Waals surface area contributed by atoms with E-state index in [4.69, 9.17) is 0 Å². The van der Waals surface area contributed by atoms with Gasteiger partial charge >= 0.3 is 0 Å². The summed E-state index contributed by atoms with van der Waals surface area (Å²) in [5.41, 5.74) is -0.150. The Morgan fingerprint density at radius 2 is 2.33 bits per heavy atom. The molecule has 0 spiro atoms. The number of hydrogen-bond acceptors (Lipinski definition) is 2. The second-order valence-electron chi connectivity index (χ2n) is 2.55. The highest BCUT2D eigenvalue weighted by molar-refractivity contribution is 8.16. The molecule has 0 aromatic rings. The van der Waals surface area contributed by atoms with Crippen LogP contribution in [0.25, 0.3) is 0 Å². The highest BCUT2D eigenvalue weighted by atomic mass is 32.2. The van der Waals surface area contributed by atoms with Crippen molar-refractivity contribution in [1.82, 2.24) is 5.32 Å². The predicted octanol–water partition coefficient (Wildman–Crippen LogP) is 1.74. The van der Waals surface area contributed by atoms with E-state index in [0.29, 0.717) is 0 Å². The van der Waals surface area contributed by atoms with Gasteiger partial charge in [0.25, 0.3) is 5.24 Å². The van der Waals surface area contributed by atoms with Crippen molar-refractivity contribution in [1.29, 1.82) is 0 Å². The first-order valence-electron chi connectivity index (χ1n) is 2.77. The van der Waals surface area contributed by atoms with E-state index < -0.39 is 0 Å². The van der Waals surface area contributed by atoms with Crippen LogP contribution in [0.1, 0.15) is 13.8 Å². The van der Waals surface area contributed by atoms with Crippen LogP contribution in [0.2, 0.25) is 0 Å². The maximum atomic E-state index is 10.7. The van der Waals surface area contributed by atoms with Crippen LogP contribution >= 0.6 is 11.8 Å². The van der Waals surface area contributed by atoms with Crippen molar-refractivity contribution < 1.29 is 4.79 Å². The fraction of sp³-hybridized carbons (Fsp3) is 0.500. The van der Waals surface area contributed by atoms with Crippen LogP contribution in [0, 0.1) is 0 Å². The molecule has 0 aliphatic carbocycles. The van der Waals surface area contributed by atoms with Gasteiger partial charge < -0.3 is 5.32 Å². The molecule has 0 aromatic carbocycles. The van der Waals surface area contributed by atoms with Gasteiger partial charge in [0.2, 0.25) is 0 Å². The van der Waals surface area contributed by atoms with Gasteiger partial charge in [-0.3, -0.25) is 4.79 Å². The van der Waals surface area contributed by atoms with Crippen LogP contribution in [0.4, 0.5) is 4.79 Å². The van der Waals surface area contributed by atoms with Gasteiger partial charge in [-0.25, -0.2) is 0 Å². The predicted molar refractivity (Wildman–Crippen MR) is 39.3 cm³/mol. The van der Waals surface area contributed by atoms with E-state index in [2.05, 4.69) is 5.32 Å². The van der Waals surface area contributed by atoms with Gasteiger partial charge in [-0.15, -0.1) is 0 Å². The Balaban J connectivity index is 2.71. The third-order valence-corrected chi connectivity index (χ3v) is 1.67. The van der Waals surface area contributed by atoms with Crippen molar-refractivity contribution in [2.45, 2.75) is 19.4 Å². The van der Waals surface area contributed by atoms with E-state index in [9.17, 15) is 4.79 Å². The summed E-state index contributed by atoms with van der Waals surface area (Å²) in [7, 11) is 0. The topological polar surface area (TPSA) is 29.1 Å². The zero-order valence-corrected chi connectivity index (χ0v) is 6.29. The molecule has 0 saturated carbocycles. The molecule has 0 saturated heterocycles. The molecule has 0 aromatic heterocycles. The van der Waals surface area contributed by atoms with Crippen LogP contribution < -0.4 is 5.32 Å². The van der Waals surface area contributed by atoms with Gasteiger partial charge in [-0.1, -0.05) is 6.08 Å². The molecule has 0 fully saturated rings. The molecule has 0 unspecified atom stereocenters. The zero-order chi connectivity index (χ0) is 6.91. The lowest BCUT2D eigenvalue weighted by Crippen LogP contribution is -2.41. The monoisotopic (exact) mass is 143 g/mol. The first-order valence-corrected chi connectivity index (χ1v) is 3.65. The van der Waals surface area contributed by atoms with Crippen LogP contribution in [-0.4, -0.2) is 10.8 Å². The fourth-order valence-corrected chi connectivity index (χ4v) is 1.45. The molecular weight excluding hydrogens is 134 g/mol. The largest absolute Gasteiger partial charge is 0.338 e. The van der Waals surface area contributed by atoms with Gasteiger partial charge in [0.1, 0.15) is 0 Å². The fourth-order valence-electron chi connectivity index (χ4n) is 0.600. The Morgan fingerprint density at radius 3 is 2.67 bits per heavy atom. The highest BCUT2D eigenvalue weighted by Crippen LogP contribution is 2.17. The average molecular weight is 143 g/mol. The van der Waals surface area contributed by atoms with Crippen molar-refractivity contribution in [2.75, 3.05) is 0 Å². The molecule has 0 bridgehead atoms. The molecule has 0 atom stereocenters. The lowest BCUT2D eigenvalue weighted by molar-refractivity contribution is 0.255. The molecule has 50 valence electrons. The van der Waals surface area contributed by atoms with Gasteiger partial charge in [0.05, 0.1) is 5.54 Å². The maximum Gasteiger partial charge on any atom is 0.283 e. The summed E-state index contributed by atoms with van der Waals surface area (Å²) in [5.74, 6) is 0. The molecule has 0 radical (unpaired) electrons. The van der Waals surface area contributed by atoms with E-state index in [1.807, 2.05) is 25.3 Å². The molecule has 1 aliphatic rings. The summed E-state index contributed by atoms with van der Waals surface area (Å²) in [6.07, 6.45) is 1.97. The Kier molecular flexibility index (Phi) is 1.53. The lowest BCUT2D eigenvalue weighted by atomic mass is 10.1. The van der Waals surface area contributed by atoms with Gasteiger partial charge in [-0.2, -0.15) is 0 Å². The minimum absolute atomic E-state index is 0.0301. The Bertz CT molecular complexity index is 162. The van der Waals surface area contributed by atoms with Crippen molar-refractivity contribution >= 4 is 17.0 Å². The normalized spacial score (nSPS) is 23.6. The van der Waals surface area contributed by atoms with Crippen molar-refractivity contribution in [3.8, 4) is 0 Å². The Morgan fingerprint density at radius 1 is 1.67 bits per heavy atom. The first-order chi connectivity index (χ1) is 4.10. The van der Waals surface area contributed by atoms with Crippen molar-refractivity contribution in [3.63, 3.8) is 0 Å². The first kappa shape index (κ1) is 6.68. The summed E-state index contributed by atoms with van der Waals surface area (Å²) in [6.45, 7) is 3.92. The van der Waals surface area contributed by atoms with Crippen molar-refractivity contribution in [3.05, 3.63) is 11.5 Å². The number of carbonyl (C=O) groups is 1. The van der Waals surface area contributed by atoms with Gasteiger partial charge in [0, 0.05) is 0 Å². The number of thioether (sulfide) groups is 1. The standard InChI is InChI=1S/C6H9NOS/c1-6(2)3-4-9-5(8)7-6/h3-4H,1-2H3,(H,7,8). The Hall–Kier alpha value is -0.440. The van der Waals surface area contributed by atoms with Crippen LogP contribution in [-0.2, 0) is 0 Å². The zero-order valence-electron chi connectivity index (χ0n) is 5.47. The molecule has 1 aliphatic heterocycles. The number of carbonyl (C=O) groups excluding carboxylic acids is 1. The molecule has 1 N–H and O–H groups in total. The smallest absolute Gasteiger partial charge is 0.283 e. The average Bonchev–Trinajstić information content (AvgIpc) is 1.60. The Labute approximate surface area is 58.7 Å². The van der Waals surface area contributed by atoms with Crippen LogP contribution in [0.15, 0.2) is 11.5 Å². The quantitative estimate of drug-likeness (QED) is 0.559. The molecule has 2 nitrogen and oxygen atoms in total. The summed E-state index contributed by atoms with van der Waals surface area (Å²) in [4.78, 5) is 10.7. The summed E-state index contributed by atoms with van der Waals surface area (Å²) in [6, 6.07) is 0. The molecular formula is C6H9NOS. The molecule has 9 heavy (non-hydrogen) atoms. The number of rotatable bonds is 0. The number of nitrogens with one attached hydrogen (secondary N) is 1. The summed E-state index contributed by atoms with van der Waals surface area (Å²) in [5, 5.41) is 4.64. The minimum Gasteiger partial charge on any atom is -0.338 e. The second-order valence-corrected chi connectivity index (χ2v) is 3.43. The maximum absolute atomic E-state index is 10.7. The third-order valence-electron chi connectivity index (χ3n) is 1.08. The van der Waals surface area contributed by atoms with E-state index in [0.717, 1.165) is 0 Å². The van der Waals surface area contributed by atoms with E-state index in [-0.39, 0.29) is 10.8 Å². The van der Waals surface area contributed by atoms with Crippen LogP contribution in [0.5, 0.6) is 0 Å². The molecule has 1 heterocycles. The number of amides is 1. The molecule has 1 amide bonds. The van der Waals surface area contributed by atoms with Gasteiger partial charge in [0.15, 0.2) is 0 Å². The SMILES string of the molecule is CC1(C)C=CSC(=O)N1. The van der Waals surface area contributed by atoms with E-state index >= 15 is 0 Å². The second kappa shape index (κ2) is 2.06. The lowest BCUT2D eigenvalue weighted by Gasteiger charge is -2.24. The molecule has 1 rings (SSSR count). The minimum atomic E-state index is -0.150. The van der Waals surface area contributed by atoms with E-state index in [1.165, 1.54) is 11.8 Å². The molecule has 3 heteroatoms. The van der Waals surface area contributed by atoms with E-state index in [1.54, 1.807) is 0 Å². The number of hydrogen-bond donors (Lipinski definition) is 1. The summed E-state index contributed by atoms with van der Waals surface area (Å²) < 4.78 is 0. The van der Waals surface area contributed by atoms with Crippen LogP contribution in [0.3, 0.4) is 0 Å².